The number of allylic oxidation sites excluding steroid dienone is 1. The summed E-state index contributed by atoms with van der Waals surface area (Å²) in [5.74, 6) is 0.811. The molecule has 2 heterocycles. The smallest absolute Gasteiger partial charge is 0.338 e. The highest BCUT2D eigenvalue weighted by Crippen LogP contribution is 2.45. The number of thioether (sulfide) groups is 1. The van der Waals surface area contributed by atoms with Crippen LogP contribution in [0, 0.1) is 6.92 Å². The number of halogens is 1. The average Bonchev–Trinajstić information content (AvgIpc) is 3.26. The molecule has 2 aromatic rings. The molecular weight excluding hydrogens is 504 g/mol. The molecule has 0 fully saturated rings. The zero-order chi connectivity index (χ0) is 23.5. The lowest BCUT2D eigenvalue weighted by Crippen LogP contribution is -2.34. The van der Waals surface area contributed by atoms with E-state index in [1.807, 2.05) is 47.7 Å². The molecule has 0 N–H and O–H groups in total. The van der Waals surface area contributed by atoms with Gasteiger partial charge in [-0.15, -0.1) is 0 Å². The van der Waals surface area contributed by atoms with Gasteiger partial charge in [-0.05, 0) is 65.4 Å². The molecule has 2 aliphatic rings. The van der Waals surface area contributed by atoms with Crippen molar-refractivity contribution < 1.29 is 19.0 Å². The quantitative estimate of drug-likeness (QED) is 0.404. The maximum Gasteiger partial charge on any atom is 0.338 e. The maximum atomic E-state index is 12.9. The normalized spacial score (nSPS) is 17.1. The fourth-order valence-electron chi connectivity index (χ4n) is 3.78. The molecule has 0 aromatic heterocycles. The van der Waals surface area contributed by atoms with Gasteiger partial charge in [0.2, 0.25) is 0 Å². The van der Waals surface area contributed by atoms with Crippen LogP contribution in [-0.2, 0) is 16.1 Å². The number of nitrogens with zero attached hydrogens (tertiary/aromatic N) is 2. The first-order valence-electron chi connectivity index (χ1n) is 10.6. The molecule has 0 aliphatic carbocycles. The van der Waals surface area contributed by atoms with Gasteiger partial charge in [0.15, 0.2) is 16.7 Å². The molecule has 0 bridgehead atoms. The predicted octanol–water partition coefficient (Wildman–Crippen LogP) is 6.11. The van der Waals surface area contributed by atoms with Crippen LogP contribution in [-0.4, -0.2) is 29.8 Å². The fourth-order valence-corrected chi connectivity index (χ4v) is 5.14. The summed E-state index contributed by atoms with van der Waals surface area (Å²) >= 11 is 5.18. The summed E-state index contributed by atoms with van der Waals surface area (Å²) in [6.45, 7) is 6.40. The number of aryl methyl sites for hydroxylation is 1. The molecule has 0 amide bonds. The van der Waals surface area contributed by atoms with Gasteiger partial charge in [-0.1, -0.05) is 41.6 Å². The SMILES string of the molecule is CCOC(=O)C1=C(C)N=C2SC=CN2[C@@H]1c1cc(Br)c(OCc2ccc(C)cc2)c(OC)c1. The molecule has 2 aromatic carbocycles. The Morgan fingerprint density at radius 2 is 1.97 bits per heavy atom. The molecule has 8 heteroatoms. The van der Waals surface area contributed by atoms with E-state index in [0.717, 1.165) is 20.8 Å². The number of hydrogen-bond donors (Lipinski definition) is 0. The van der Waals surface area contributed by atoms with E-state index >= 15 is 0 Å². The zero-order valence-electron chi connectivity index (χ0n) is 18.9. The van der Waals surface area contributed by atoms with Crippen LogP contribution < -0.4 is 9.47 Å². The van der Waals surface area contributed by atoms with Crippen LogP contribution in [0.25, 0.3) is 0 Å². The third-order valence-corrected chi connectivity index (χ3v) is 6.75. The van der Waals surface area contributed by atoms with Gasteiger partial charge >= 0.3 is 5.97 Å². The third-order valence-electron chi connectivity index (χ3n) is 5.39. The van der Waals surface area contributed by atoms with Crippen molar-refractivity contribution in [3.8, 4) is 11.5 Å². The molecule has 172 valence electrons. The highest BCUT2D eigenvalue weighted by atomic mass is 79.9. The Kier molecular flexibility index (Phi) is 7.14. The van der Waals surface area contributed by atoms with Gasteiger partial charge in [0.25, 0.3) is 0 Å². The summed E-state index contributed by atoms with van der Waals surface area (Å²) in [7, 11) is 1.61. The van der Waals surface area contributed by atoms with Crippen molar-refractivity contribution in [2.75, 3.05) is 13.7 Å². The number of fused-ring (bicyclic) bond motifs is 1. The molecule has 0 spiro atoms. The number of hydrogen-bond acceptors (Lipinski definition) is 7. The van der Waals surface area contributed by atoms with E-state index in [-0.39, 0.29) is 12.0 Å². The number of esters is 1. The van der Waals surface area contributed by atoms with E-state index < -0.39 is 0 Å². The first-order chi connectivity index (χ1) is 15.9. The first kappa shape index (κ1) is 23.4. The van der Waals surface area contributed by atoms with Gasteiger partial charge in [0.1, 0.15) is 6.61 Å². The standard InChI is InChI=1S/C25H25BrN2O4S/c1-5-31-24(29)21-16(3)27-25-28(10-11-33-25)22(21)18-12-19(26)23(20(13-18)30-4)32-14-17-8-6-15(2)7-9-17/h6-13,22H,5,14H2,1-4H3/t22-/m1/s1. The van der Waals surface area contributed by atoms with Gasteiger partial charge in [-0.25, -0.2) is 9.79 Å². The minimum absolute atomic E-state index is 0.294. The monoisotopic (exact) mass is 528 g/mol. The van der Waals surface area contributed by atoms with Gasteiger partial charge in [-0.2, -0.15) is 0 Å². The van der Waals surface area contributed by atoms with Crippen molar-refractivity contribution in [2.45, 2.75) is 33.4 Å². The predicted molar refractivity (Wildman–Crippen MR) is 134 cm³/mol. The van der Waals surface area contributed by atoms with Crippen LogP contribution in [0.5, 0.6) is 11.5 Å². The molecule has 2 aliphatic heterocycles. The van der Waals surface area contributed by atoms with Gasteiger partial charge < -0.3 is 19.1 Å². The van der Waals surface area contributed by atoms with Crippen molar-refractivity contribution in [1.29, 1.82) is 0 Å². The van der Waals surface area contributed by atoms with Gasteiger partial charge in [0, 0.05) is 6.20 Å². The van der Waals surface area contributed by atoms with E-state index in [9.17, 15) is 4.79 Å². The maximum absolute atomic E-state index is 12.9. The molecule has 0 radical (unpaired) electrons. The average molecular weight is 529 g/mol. The highest BCUT2D eigenvalue weighted by Gasteiger charge is 2.38. The molecule has 6 nitrogen and oxygen atoms in total. The van der Waals surface area contributed by atoms with Crippen LogP contribution in [0.15, 0.2) is 68.7 Å². The van der Waals surface area contributed by atoms with E-state index in [4.69, 9.17) is 14.2 Å². The Hall–Kier alpha value is -2.71. The van der Waals surface area contributed by atoms with Crippen molar-refractivity contribution in [3.63, 3.8) is 0 Å². The first-order valence-corrected chi connectivity index (χ1v) is 12.2. The van der Waals surface area contributed by atoms with Crippen molar-refractivity contribution in [2.24, 2.45) is 4.99 Å². The lowest BCUT2D eigenvalue weighted by atomic mass is 9.94. The lowest BCUT2D eigenvalue weighted by molar-refractivity contribution is -0.139. The summed E-state index contributed by atoms with van der Waals surface area (Å²) in [6.07, 6.45) is 1.93. The van der Waals surface area contributed by atoms with Gasteiger partial charge in [-0.3, -0.25) is 0 Å². The van der Waals surface area contributed by atoms with E-state index in [2.05, 4.69) is 40.0 Å². The minimum atomic E-state index is -0.390. The Balaban J connectivity index is 1.70. The molecule has 1 atom stereocenters. The number of carbonyl (C=O) groups is 1. The number of amidine groups is 1. The number of methoxy groups -OCH3 is 1. The molecule has 4 rings (SSSR count). The van der Waals surface area contributed by atoms with Crippen LogP contribution in [0.4, 0.5) is 0 Å². The Bertz CT molecular complexity index is 1160. The van der Waals surface area contributed by atoms with Crippen molar-refractivity contribution in [1.82, 2.24) is 4.90 Å². The summed E-state index contributed by atoms with van der Waals surface area (Å²) in [6, 6.07) is 11.7. The highest BCUT2D eigenvalue weighted by molar-refractivity contribution is 9.10. The van der Waals surface area contributed by atoms with E-state index in [0.29, 0.717) is 36.0 Å². The summed E-state index contributed by atoms with van der Waals surface area (Å²) in [5.41, 5.74) is 4.29. The fraction of sp³-hybridized carbons (Fsp3) is 0.280. The Labute approximate surface area is 206 Å². The number of benzene rings is 2. The molecular formula is C25H25BrN2O4S. The van der Waals surface area contributed by atoms with Crippen LogP contribution in [0.2, 0.25) is 0 Å². The Morgan fingerprint density at radius 1 is 1.21 bits per heavy atom. The van der Waals surface area contributed by atoms with E-state index in [1.165, 1.54) is 17.3 Å². The minimum Gasteiger partial charge on any atom is -0.493 e. The molecule has 0 saturated heterocycles. The Morgan fingerprint density at radius 3 is 2.67 bits per heavy atom. The topological polar surface area (TPSA) is 60.4 Å². The van der Waals surface area contributed by atoms with Crippen molar-refractivity contribution in [3.05, 3.63) is 80.4 Å². The largest absolute Gasteiger partial charge is 0.493 e. The van der Waals surface area contributed by atoms with Gasteiger partial charge in [0.05, 0.1) is 35.5 Å². The number of rotatable bonds is 7. The van der Waals surface area contributed by atoms with Crippen LogP contribution in [0.1, 0.15) is 36.6 Å². The molecule has 33 heavy (non-hydrogen) atoms. The zero-order valence-corrected chi connectivity index (χ0v) is 21.3. The molecule has 0 unspecified atom stereocenters. The number of aliphatic imine (C=N–C) groups is 1. The third kappa shape index (κ3) is 4.82. The summed E-state index contributed by atoms with van der Waals surface area (Å²) in [4.78, 5) is 19.5. The summed E-state index contributed by atoms with van der Waals surface area (Å²) < 4.78 is 17.9. The van der Waals surface area contributed by atoms with Crippen LogP contribution in [0.3, 0.4) is 0 Å². The number of ether oxygens (including phenoxy) is 3. The number of carbonyl (C=O) groups excluding carboxylic acids is 1. The molecule has 0 saturated carbocycles. The van der Waals surface area contributed by atoms with E-state index in [1.54, 1.807) is 14.0 Å². The van der Waals surface area contributed by atoms with Crippen LogP contribution >= 0.6 is 27.7 Å². The second-order valence-electron chi connectivity index (χ2n) is 7.64. The second-order valence-corrected chi connectivity index (χ2v) is 9.36. The summed E-state index contributed by atoms with van der Waals surface area (Å²) in [5, 5.41) is 2.78. The second kappa shape index (κ2) is 10.1. The van der Waals surface area contributed by atoms with Crippen molar-refractivity contribution >= 4 is 38.8 Å². The lowest BCUT2D eigenvalue weighted by Gasteiger charge is -2.33.